The molecule has 0 aromatic carbocycles. The van der Waals surface area contributed by atoms with E-state index in [1.54, 1.807) is 0 Å². The summed E-state index contributed by atoms with van der Waals surface area (Å²) in [7, 11) is 0. The lowest BCUT2D eigenvalue weighted by atomic mass is 9.95. The molecule has 2 rings (SSSR count). The lowest BCUT2D eigenvalue weighted by molar-refractivity contribution is 0.398. The van der Waals surface area contributed by atoms with E-state index >= 15 is 0 Å². The average molecular weight is 153 g/mol. The first-order chi connectivity index (χ1) is 5.25. The standard InChI is InChI=1S/C8H15N3/c1-5-7(3-9)8-6(2)11(8)4-10-5/h4-8H,3,9H2,1-2H3. The van der Waals surface area contributed by atoms with Crippen molar-refractivity contribution in [3.63, 3.8) is 0 Å². The second-order valence-electron chi connectivity index (χ2n) is 3.58. The van der Waals surface area contributed by atoms with E-state index in [1.807, 2.05) is 6.34 Å². The highest BCUT2D eigenvalue weighted by molar-refractivity contribution is 5.62. The summed E-state index contributed by atoms with van der Waals surface area (Å²) in [6.07, 6.45) is 1.98. The van der Waals surface area contributed by atoms with Crippen LogP contribution in [0.4, 0.5) is 0 Å². The molecule has 0 saturated carbocycles. The summed E-state index contributed by atoms with van der Waals surface area (Å²) < 4.78 is 0. The summed E-state index contributed by atoms with van der Waals surface area (Å²) in [6, 6.07) is 1.79. The molecule has 1 fully saturated rings. The van der Waals surface area contributed by atoms with Crippen molar-refractivity contribution in [3.8, 4) is 0 Å². The predicted molar refractivity (Wildman–Crippen MR) is 45.6 cm³/mol. The number of nitrogens with zero attached hydrogens (tertiary/aromatic N) is 2. The van der Waals surface area contributed by atoms with Gasteiger partial charge in [0.1, 0.15) is 0 Å². The maximum Gasteiger partial charge on any atom is 0.0859 e. The van der Waals surface area contributed by atoms with E-state index in [1.165, 1.54) is 0 Å². The molecular formula is C8H15N3. The van der Waals surface area contributed by atoms with Crippen LogP contribution < -0.4 is 5.73 Å². The predicted octanol–water partition coefficient (Wildman–Crippen LogP) is 0.0644. The molecule has 3 nitrogen and oxygen atoms in total. The zero-order chi connectivity index (χ0) is 8.01. The van der Waals surface area contributed by atoms with Crippen molar-refractivity contribution in [2.45, 2.75) is 32.0 Å². The Morgan fingerprint density at radius 1 is 1.55 bits per heavy atom. The van der Waals surface area contributed by atoms with E-state index in [-0.39, 0.29) is 0 Å². The summed E-state index contributed by atoms with van der Waals surface area (Å²) in [5.41, 5.74) is 5.67. The fourth-order valence-corrected chi connectivity index (χ4v) is 2.07. The van der Waals surface area contributed by atoms with Crippen molar-refractivity contribution in [3.05, 3.63) is 0 Å². The van der Waals surface area contributed by atoms with Crippen LogP contribution in [0.2, 0.25) is 0 Å². The van der Waals surface area contributed by atoms with Crippen LogP contribution in [0.15, 0.2) is 4.99 Å². The fraction of sp³-hybridized carbons (Fsp3) is 0.875. The maximum atomic E-state index is 5.67. The quantitative estimate of drug-likeness (QED) is 0.541. The van der Waals surface area contributed by atoms with Gasteiger partial charge in [-0.1, -0.05) is 0 Å². The normalized spacial score (nSPS) is 47.4. The van der Waals surface area contributed by atoms with Crippen molar-refractivity contribution >= 4 is 6.34 Å². The van der Waals surface area contributed by atoms with Crippen molar-refractivity contribution < 1.29 is 0 Å². The van der Waals surface area contributed by atoms with Crippen LogP contribution in [0.5, 0.6) is 0 Å². The SMILES string of the molecule is CC1N=CN2C(C)C2C1CN. The molecule has 0 amide bonds. The molecular weight excluding hydrogens is 138 g/mol. The zero-order valence-corrected chi connectivity index (χ0v) is 7.07. The van der Waals surface area contributed by atoms with Crippen molar-refractivity contribution in [2.75, 3.05) is 6.54 Å². The molecule has 0 radical (unpaired) electrons. The maximum absolute atomic E-state index is 5.67. The number of aliphatic imine (C=N–C) groups is 1. The topological polar surface area (TPSA) is 41.4 Å². The Morgan fingerprint density at radius 3 is 2.82 bits per heavy atom. The minimum atomic E-state index is 0.422. The molecule has 4 unspecified atom stereocenters. The molecule has 11 heavy (non-hydrogen) atoms. The third-order valence-electron chi connectivity index (χ3n) is 2.98. The van der Waals surface area contributed by atoms with Gasteiger partial charge in [0.05, 0.1) is 18.4 Å². The van der Waals surface area contributed by atoms with Gasteiger partial charge in [0.15, 0.2) is 0 Å². The lowest BCUT2D eigenvalue weighted by Crippen LogP contribution is -2.34. The van der Waals surface area contributed by atoms with E-state index in [2.05, 4.69) is 23.7 Å². The minimum absolute atomic E-state index is 0.422. The van der Waals surface area contributed by atoms with Crippen LogP contribution in [0.3, 0.4) is 0 Å². The van der Waals surface area contributed by atoms with Crippen molar-refractivity contribution in [1.82, 2.24) is 4.90 Å². The van der Waals surface area contributed by atoms with E-state index < -0.39 is 0 Å². The van der Waals surface area contributed by atoms with Gasteiger partial charge >= 0.3 is 0 Å². The second-order valence-corrected chi connectivity index (χ2v) is 3.58. The highest BCUT2D eigenvalue weighted by atomic mass is 15.4. The van der Waals surface area contributed by atoms with Gasteiger partial charge < -0.3 is 10.6 Å². The fourth-order valence-electron chi connectivity index (χ4n) is 2.07. The summed E-state index contributed by atoms with van der Waals surface area (Å²) in [6.45, 7) is 5.15. The molecule has 1 saturated heterocycles. The number of rotatable bonds is 1. The van der Waals surface area contributed by atoms with Gasteiger partial charge in [-0.2, -0.15) is 0 Å². The van der Waals surface area contributed by atoms with Crippen LogP contribution >= 0.6 is 0 Å². The highest BCUT2D eigenvalue weighted by Crippen LogP contribution is 2.37. The zero-order valence-electron chi connectivity index (χ0n) is 7.07. The Kier molecular flexibility index (Phi) is 1.42. The van der Waals surface area contributed by atoms with Gasteiger partial charge in [-0.3, -0.25) is 4.99 Å². The molecule has 0 aliphatic carbocycles. The van der Waals surface area contributed by atoms with Crippen LogP contribution in [0.1, 0.15) is 13.8 Å². The molecule has 4 atom stereocenters. The Hall–Kier alpha value is -0.570. The summed E-state index contributed by atoms with van der Waals surface area (Å²) >= 11 is 0. The van der Waals surface area contributed by atoms with Gasteiger partial charge in [-0.05, 0) is 20.4 Å². The molecule has 2 aliphatic rings. The Labute approximate surface area is 67.3 Å². The average Bonchev–Trinajstić information content (AvgIpc) is 2.63. The first kappa shape index (κ1) is 7.10. The molecule has 2 heterocycles. The summed E-state index contributed by atoms with van der Waals surface area (Å²) in [4.78, 5) is 6.67. The highest BCUT2D eigenvalue weighted by Gasteiger charge is 2.50. The lowest BCUT2D eigenvalue weighted by Gasteiger charge is -2.21. The number of nitrogens with two attached hydrogens (primary N) is 1. The number of fused-ring (bicyclic) bond motifs is 1. The van der Waals surface area contributed by atoms with Gasteiger partial charge in [0.25, 0.3) is 0 Å². The molecule has 3 heteroatoms. The summed E-state index contributed by atoms with van der Waals surface area (Å²) in [5, 5.41) is 0. The van der Waals surface area contributed by atoms with Gasteiger partial charge in [-0.25, -0.2) is 0 Å². The third kappa shape index (κ3) is 0.872. The van der Waals surface area contributed by atoms with Crippen LogP contribution in [-0.2, 0) is 0 Å². The molecule has 0 aromatic heterocycles. The molecule has 2 aliphatic heterocycles. The monoisotopic (exact) mass is 153 g/mol. The Morgan fingerprint density at radius 2 is 2.27 bits per heavy atom. The molecule has 0 aromatic rings. The van der Waals surface area contributed by atoms with Crippen molar-refractivity contribution in [1.29, 1.82) is 0 Å². The smallest absolute Gasteiger partial charge is 0.0859 e. The molecule has 62 valence electrons. The van der Waals surface area contributed by atoms with Gasteiger partial charge in [0, 0.05) is 12.0 Å². The van der Waals surface area contributed by atoms with E-state index in [9.17, 15) is 0 Å². The van der Waals surface area contributed by atoms with Gasteiger partial charge in [-0.15, -0.1) is 0 Å². The molecule has 0 bridgehead atoms. The summed E-state index contributed by atoms with van der Waals surface area (Å²) in [5.74, 6) is 0.579. The first-order valence-corrected chi connectivity index (χ1v) is 4.26. The molecule has 0 spiro atoms. The second kappa shape index (κ2) is 2.21. The van der Waals surface area contributed by atoms with Crippen molar-refractivity contribution in [2.24, 2.45) is 16.6 Å². The van der Waals surface area contributed by atoms with E-state index in [0.717, 1.165) is 6.54 Å². The largest absolute Gasteiger partial charge is 0.353 e. The van der Waals surface area contributed by atoms with Crippen LogP contribution in [0, 0.1) is 5.92 Å². The number of hydrogen-bond acceptors (Lipinski definition) is 3. The van der Waals surface area contributed by atoms with Crippen LogP contribution in [-0.4, -0.2) is 35.9 Å². The molecule has 2 N–H and O–H groups in total. The third-order valence-corrected chi connectivity index (χ3v) is 2.98. The van der Waals surface area contributed by atoms with Gasteiger partial charge in [0.2, 0.25) is 0 Å². The van der Waals surface area contributed by atoms with Crippen LogP contribution in [0.25, 0.3) is 0 Å². The van der Waals surface area contributed by atoms with E-state index in [4.69, 9.17) is 5.73 Å². The Balaban J connectivity index is 2.14. The first-order valence-electron chi connectivity index (χ1n) is 4.26. The minimum Gasteiger partial charge on any atom is -0.353 e. The number of hydrogen-bond donors (Lipinski definition) is 1. The van der Waals surface area contributed by atoms with E-state index in [0.29, 0.717) is 24.0 Å². The Bertz CT molecular complexity index is 190.